The van der Waals surface area contributed by atoms with E-state index in [1.54, 1.807) is 13.0 Å². The zero-order valence-electron chi connectivity index (χ0n) is 18.0. The molecule has 0 amide bonds. The lowest BCUT2D eigenvalue weighted by molar-refractivity contribution is -0.138. The van der Waals surface area contributed by atoms with Crippen molar-refractivity contribution in [2.24, 2.45) is 0 Å². The lowest BCUT2D eigenvalue weighted by atomic mass is 9.92. The summed E-state index contributed by atoms with van der Waals surface area (Å²) in [5.74, 6) is -0.684. The summed E-state index contributed by atoms with van der Waals surface area (Å²) in [5, 5.41) is 9.13. The summed E-state index contributed by atoms with van der Waals surface area (Å²) in [4.78, 5) is 11.8. The van der Waals surface area contributed by atoms with Crippen LogP contribution in [0.3, 0.4) is 0 Å². The average molecular weight is 419 g/mol. The van der Waals surface area contributed by atoms with Gasteiger partial charge in [0, 0.05) is 24.2 Å². The summed E-state index contributed by atoms with van der Waals surface area (Å²) in [6, 6.07) is 19.0. The van der Waals surface area contributed by atoms with Gasteiger partial charge in [-0.1, -0.05) is 61.2 Å². The zero-order valence-corrected chi connectivity index (χ0v) is 18.0. The van der Waals surface area contributed by atoms with E-state index in [1.807, 2.05) is 55.5 Å². The molecule has 0 atom stereocenters. The lowest BCUT2D eigenvalue weighted by Crippen LogP contribution is -2.08. The molecule has 0 aliphatic rings. The maximum absolute atomic E-state index is 14.6. The number of esters is 1. The molecule has 3 aromatic carbocycles. The number of hydrogen-bond acceptors (Lipinski definition) is 3. The van der Waals surface area contributed by atoms with Gasteiger partial charge < -0.3 is 9.84 Å². The van der Waals surface area contributed by atoms with Crippen molar-refractivity contribution in [2.75, 3.05) is 13.2 Å². The summed E-state index contributed by atoms with van der Waals surface area (Å²) >= 11 is 0. The van der Waals surface area contributed by atoms with E-state index >= 15 is 0 Å². The number of benzene rings is 3. The number of ether oxygens (including phenoxy) is 1. The summed E-state index contributed by atoms with van der Waals surface area (Å²) < 4.78 is 19.8. The molecule has 0 aliphatic heterocycles. The molecule has 4 heteroatoms. The molecule has 0 bridgehead atoms. The highest BCUT2D eigenvalue weighted by Gasteiger charge is 2.12. The van der Waals surface area contributed by atoms with Crippen LogP contribution in [-0.4, -0.2) is 24.3 Å². The first-order valence-corrected chi connectivity index (χ1v) is 10.3. The van der Waals surface area contributed by atoms with Gasteiger partial charge in [-0.15, -0.1) is 0 Å². The number of rotatable bonds is 8. The van der Waals surface area contributed by atoms with Crippen molar-refractivity contribution in [1.82, 2.24) is 0 Å². The third-order valence-electron chi connectivity index (χ3n) is 5.16. The molecule has 0 heterocycles. The number of aliphatic hydroxyl groups excluding tert-OH is 1. The molecule has 31 heavy (non-hydrogen) atoms. The molecule has 3 aromatic rings. The van der Waals surface area contributed by atoms with Gasteiger partial charge in [0.05, 0.1) is 6.61 Å². The Balaban J connectivity index is 1.96. The van der Waals surface area contributed by atoms with E-state index in [2.05, 4.69) is 6.58 Å². The lowest BCUT2D eigenvalue weighted by Gasteiger charge is -2.14. The monoisotopic (exact) mass is 418 g/mol. The second-order valence-electron chi connectivity index (χ2n) is 7.69. The summed E-state index contributed by atoms with van der Waals surface area (Å²) in [7, 11) is 0. The molecule has 1 N–H and O–H groups in total. The number of aryl methyl sites for hydroxylation is 1. The van der Waals surface area contributed by atoms with E-state index in [4.69, 9.17) is 9.84 Å². The van der Waals surface area contributed by atoms with Gasteiger partial charge in [-0.25, -0.2) is 9.18 Å². The van der Waals surface area contributed by atoms with E-state index in [0.717, 1.165) is 33.4 Å². The fraction of sp³-hybridized carbons (Fsp3) is 0.222. The first-order valence-electron chi connectivity index (χ1n) is 10.3. The first kappa shape index (κ1) is 22.4. The normalized spacial score (nSPS) is 10.7. The first-order chi connectivity index (χ1) is 14.9. The SMILES string of the molecule is C=C(C)C(=O)OCCc1cc(-c2ccc(C)cc2F)ccc1-c1ccc(CCO)cc1. The average Bonchev–Trinajstić information content (AvgIpc) is 2.74. The van der Waals surface area contributed by atoms with Crippen molar-refractivity contribution in [3.05, 3.63) is 95.3 Å². The fourth-order valence-electron chi connectivity index (χ4n) is 3.46. The van der Waals surface area contributed by atoms with Crippen LogP contribution < -0.4 is 0 Å². The standard InChI is InChI=1S/C27H27FO3/c1-18(2)27(30)31-15-13-23-17-22(25-10-4-19(3)16-26(25)28)9-11-24(23)21-7-5-20(6-8-21)12-14-29/h4-11,16-17,29H,1,12-15H2,2-3H3. The Morgan fingerprint density at radius 3 is 2.29 bits per heavy atom. The van der Waals surface area contributed by atoms with Crippen LogP contribution >= 0.6 is 0 Å². The maximum atomic E-state index is 14.6. The molecular formula is C27H27FO3. The smallest absolute Gasteiger partial charge is 0.333 e. The van der Waals surface area contributed by atoms with Crippen LogP contribution in [0.25, 0.3) is 22.3 Å². The Hall–Kier alpha value is -3.24. The van der Waals surface area contributed by atoms with E-state index in [9.17, 15) is 9.18 Å². The van der Waals surface area contributed by atoms with Gasteiger partial charge in [0.25, 0.3) is 0 Å². The van der Waals surface area contributed by atoms with Gasteiger partial charge >= 0.3 is 5.97 Å². The van der Waals surface area contributed by atoms with Crippen molar-refractivity contribution in [1.29, 1.82) is 0 Å². The molecular weight excluding hydrogens is 391 g/mol. The topological polar surface area (TPSA) is 46.5 Å². The molecule has 0 aromatic heterocycles. The molecule has 3 nitrogen and oxygen atoms in total. The fourth-order valence-corrected chi connectivity index (χ4v) is 3.46. The molecule has 0 aliphatic carbocycles. The number of halogens is 1. The van der Waals surface area contributed by atoms with E-state index < -0.39 is 5.97 Å². The molecule has 3 rings (SSSR count). The highest BCUT2D eigenvalue weighted by Crippen LogP contribution is 2.31. The largest absolute Gasteiger partial charge is 0.462 e. The molecule has 160 valence electrons. The van der Waals surface area contributed by atoms with E-state index in [1.165, 1.54) is 6.07 Å². The van der Waals surface area contributed by atoms with Crippen molar-refractivity contribution < 1.29 is 19.0 Å². The Bertz CT molecular complexity index is 1080. The third kappa shape index (κ3) is 5.68. The predicted octanol–water partition coefficient (Wildman–Crippen LogP) is 5.66. The molecule has 0 saturated heterocycles. The van der Waals surface area contributed by atoms with Crippen molar-refractivity contribution >= 4 is 5.97 Å². The van der Waals surface area contributed by atoms with Crippen LogP contribution in [0.2, 0.25) is 0 Å². The zero-order chi connectivity index (χ0) is 22.4. The van der Waals surface area contributed by atoms with Crippen LogP contribution in [0.5, 0.6) is 0 Å². The van der Waals surface area contributed by atoms with Crippen molar-refractivity contribution in [2.45, 2.75) is 26.7 Å². The van der Waals surface area contributed by atoms with Gasteiger partial charge in [-0.3, -0.25) is 0 Å². The number of carbonyl (C=O) groups excluding carboxylic acids is 1. The van der Waals surface area contributed by atoms with Gasteiger partial charge in [-0.05, 0) is 59.7 Å². The molecule has 0 saturated carbocycles. The highest BCUT2D eigenvalue weighted by molar-refractivity contribution is 5.87. The Kier molecular flexibility index (Phi) is 7.37. The highest BCUT2D eigenvalue weighted by atomic mass is 19.1. The minimum absolute atomic E-state index is 0.107. The van der Waals surface area contributed by atoms with E-state index in [-0.39, 0.29) is 19.0 Å². The van der Waals surface area contributed by atoms with Gasteiger partial charge in [0.15, 0.2) is 0 Å². The quantitative estimate of drug-likeness (QED) is 0.379. The molecule has 0 radical (unpaired) electrons. The number of aliphatic hydroxyl groups is 1. The van der Waals surface area contributed by atoms with Crippen molar-refractivity contribution in [3.63, 3.8) is 0 Å². The Morgan fingerprint density at radius 1 is 0.968 bits per heavy atom. The van der Waals surface area contributed by atoms with Gasteiger partial charge in [-0.2, -0.15) is 0 Å². The minimum Gasteiger partial charge on any atom is -0.462 e. The summed E-state index contributed by atoms with van der Waals surface area (Å²) in [5.41, 5.74) is 6.57. The predicted molar refractivity (Wildman–Crippen MR) is 122 cm³/mol. The molecule has 0 unspecified atom stereocenters. The van der Waals surface area contributed by atoms with Crippen LogP contribution in [-0.2, 0) is 22.4 Å². The second-order valence-corrected chi connectivity index (χ2v) is 7.69. The van der Waals surface area contributed by atoms with Crippen LogP contribution in [0.15, 0.2) is 72.8 Å². The minimum atomic E-state index is -0.421. The van der Waals surface area contributed by atoms with Crippen LogP contribution in [0.1, 0.15) is 23.6 Å². The molecule has 0 spiro atoms. The number of hydrogen-bond donors (Lipinski definition) is 1. The summed E-state index contributed by atoms with van der Waals surface area (Å²) in [6.45, 7) is 7.39. The van der Waals surface area contributed by atoms with E-state index in [0.29, 0.717) is 24.0 Å². The van der Waals surface area contributed by atoms with Crippen LogP contribution in [0, 0.1) is 12.7 Å². The van der Waals surface area contributed by atoms with Gasteiger partial charge in [0.2, 0.25) is 0 Å². The summed E-state index contributed by atoms with van der Waals surface area (Å²) in [6.07, 6.45) is 1.10. The Morgan fingerprint density at radius 2 is 1.65 bits per heavy atom. The molecule has 0 fully saturated rings. The van der Waals surface area contributed by atoms with Crippen LogP contribution in [0.4, 0.5) is 4.39 Å². The number of carbonyl (C=O) groups is 1. The van der Waals surface area contributed by atoms with Crippen molar-refractivity contribution in [3.8, 4) is 22.3 Å². The third-order valence-corrected chi connectivity index (χ3v) is 5.16. The maximum Gasteiger partial charge on any atom is 0.333 e. The van der Waals surface area contributed by atoms with Gasteiger partial charge in [0.1, 0.15) is 5.82 Å². The Labute approximate surface area is 182 Å². The second kappa shape index (κ2) is 10.2.